The summed E-state index contributed by atoms with van der Waals surface area (Å²) in [5.74, 6) is 1.57. The van der Waals surface area contributed by atoms with Crippen molar-refractivity contribution in [2.45, 2.75) is 20.0 Å². The van der Waals surface area contributed by atoms with Gasteiger partial charge in [-0.3, -0.25) is 14.7 Å². The molecule has 0 saturated carbocycles. The number of carbonyl (C=O) groups is 2. The van der Waals surface area contributed by atoms with Crippen LogP contribution in [0.4, 0.5) is 11.4 Å². The highest BCUT2D eigenvalue weighted by molar-refractivity contribution is 6.00. The highest BCUT2D eigenvalue weighted by Gasteiger charge is 2.20. The third-order valence-corrected chi connectivity index (χ3v) is 5.44. The second-order valence-electron chi connectivity index (χ2n) is 8.31. The molecule has 1 unspecified atom stereocenters. The molecule has 0 radical (unpaired) electrons. The summed E-state index contributed by atoms with van der Waals surface area (Å²) >= 11 is 0. The zero-order valence-corrected chi connectivity index (χ0v) is 19.7. The number of H-pyrrole nitrogens is 1. The first-order chi connectivity index (χ1) is 17.4. The molecule has 2 amide bonds. The molecular formula is C26H24N8O2. The molecule has 0 aliphatic carbocycles. The maximum Gasteiger partial charge on any atom is 0.221 e. The molecule has 4 aromatic rings. The summed E-state index contributed by atoms with van der Waals surface area (Å²) in [6, 6.07) is 22.7. The van der Waals surface area contributed by atoms with Crippen molar-refractivity contribution in [2.24, 2.45) is 4.99 Å². The van der Waals surface area contributed by atoms with E-state index >= 15 is 0 Å². The molecule has 10 nitrogen and oxygen atoms in total. The van der Waals surface area contributed by atoms with Crippen LogP contribution < -0.4 is 21.5 Å². The number of aromatic amines is 1. The van der Waals surface area contributed by atoms with Crippen LogP contribution in [-0.2, 0) is 9.59 Å². The molecule has 180 valence electrons. The highest BCUT2D eigenvalue weighted by Crippen LogP contribution is 2.25. The normalized spacial score (nSPS) is 14.6. The van der Waals surface area contributed by atoms with Crippen LogP contribution in [0.2, 0.25) is 0 Å². The van der Waals surface area contributed by atoms with Crippen molar-refractivity contribution in [3.05, 3.63) is 83.9 Å². The third-order valence-electron chi connectivity index (χ3n) is 5.44. The van der Waals surface area contributed by atoms with Gasteiger partial charge in [-0.05, 0) is 35.9 Å². The van der Waals surface area contributed by atoms with Gasteiger partial charge in [0.05, 0.1) is 0 Å². The summed E-state index contributed by atoms with van der Waals surface area (Å²) in [6.45, 7) is 2.95. The second kappa shape index (κ2) is 9.80. The maximum atomic E-state index is 11.4. The molecular weight excluding hydrogens is 456 g/mol. The average Bonchev–Trinajstić information content (AvgIpc) is 3.55. The number of nitrogens with one attached hydrogen (secondary N) is 5. The Labute approximate surface area is 207 Å². The van der Waals surface area contributed by atoms with Crippen molar-refractivity contribution in [3.8, 4) is 22.8 Å². The van der Waals surface area contributed by atoms with Gasteiger partial charge in [0.2, 0.25) is 11.8 Å². The van der Waals surface area contributed by atoms with E-state index in [1.165, 1.54) is 13.8 Å². The van der Waals surface area contributed by atoms with Crippen LogP contribution in [0.25, 0.3) is 22.8 Å². The van der Waals surface area contributed by atoms with Gasteiger partial charge in [0.1, 0.15) is 12.0 Å². The molecule has 0 saturated heterocycles. The summed E-state index contributed by atoms with van der Waals surface area (Å²) in [5, 5.41) is 12.9. The Kier molecular flexibility index (Phi) is 6.25. The summed E-state index contributed by atoms with van der Waals surface area (Å²) in [4.78, 5) is 32.1. The van der Waals surface area contributed by atoms with E-state index in [-0.39, 0.29) is 18.0 Å². The standard InChI is InChI=1S/C26H24N8O2/c1-15(35)27-21-10-4-8-19(13-21)25-29-23(31-33-25)17-6-3-7-18(12-17)24-30-26(34-32-24)20-9-5-11-22(14-20)28-16(2)36/h3-14,25,33H,1-2H3,(H,27,35)(H,28,36)(H,29,31)(H,30,32,34). The number of hydrogen-bond donors (Lipinski definition) is 5. The van der Waals surface area contributed by atoms with Crippen LogP contribution in [0, 0.1) is 0 Å². The number of aliphatic imine (C=N–C) groups is 1. The van der Waals surface area contributed by atoms with Crippen LogP contribution >= 0.6 is 0 Å². The van der Waals surface area contributed by atoms with Gasteiger partial charge < -0.3 is 16.1 Å². The molecule has 5 rings (SSSR count). The summed E-state index contributed by atoms with van der Waals surface area (Å²) in [6.07, 6.45) is -0.302. The SMILES string of the molecule is CC(=O)Nc1cccc(-c2nc(-c3cccc(C4=NC(c5cccc(NC(C)=O)c5)NN4)c3)n[nH]2)c1. The predicted octanol–water partition coefficient (Wildman–Crippen LogP) is 3.61. The fraction of sp³-hybridized carbons (Fsp3) is 0.115. The van der Waals surface area contributed by atoms with E-state index in [1.807, 2.05) is 72.8 Å². The topological polar surface area (TPSA) is 136 Å². The molecule has 1 atom stereocenters. The van der Waals surface area contributed by atoms with Crippen molar-refractivity contribution in [3.63, 3.8) is 0 Å². The second-order valence-corrected chi connectivity index (χ2v) is 8.31. The zero-order valence-electron chi connectivity index (χ0n) is 19.7. The molecule has 0 bridgehead atoms. The van der Waals surface area contributed by atoms with Crippen LogP contribution in [0.1, 0.15) is 31.1 Å². The van der Waals surface area contributed by atoms with Gasteiger partial charge in [-0.25, -0.2) is 15.4 Å². The van der Waals surface area contributed by atoms with Crippen LogP contribution in [0.15, 0.2) is 77.8 Å². The molecule has 0 spiro atoms. The van der Waals surface area contributed by atoms with Gasteiger partial charge in [-0.1, -0.05) is 42.5 Å². The lowest BCUT2D eigenvalue weighted by Crippen LogP contribution is -2.31. The molecule has 1 aliphatic heterocycles. The maximum absolute atomic E-state index is 11.4. The fourth-order valence-electron chi connectivity index (χ4n) is 3.90. The monoisotopic (exact) mass is 480 g/mol. The van der Waals surface area contributed by atoms with Gasteiger partial charge in [-0.15, -0.1) is 0 Å². The number of nitrogens with zero attached hydrogens (tertiary/aromatic N) is 3. The Bertz CT molecular complexity index is 1480. The summed E-state index contributed by atoms with van der Waals surface area (Å²) in [7, 11) is 0. The lowest BCUT2D eigenvalue weighted by Gasteiger charge is -2.09. The van der Waals surface area contributed by atoms with Gasteiger partial charge in [0.25, 0.3) is 0 Å². The fourth-order valence-corrected chi connectivity index (χ4v) is 3.90. The van der Waals surface area contributed by atoms with Crippen molar-refractivity contribution < 1.29 is 9.59 Å². The Morgan fingerprint density at radius 2 is 1.47 bits per heavy atom. The lowest BCUT2D eigenvalue weighted by molar-refractivity contribution is -0.115. The Hall–Kier alpha value is -4.83. The van der Waals surface area contributed by atoms with E-state index in [9.17, 15) is 9.59 Å². The number of amides is 2. The zero-order chi connectivity index (χ0) is 25.1. The van der Waals surface area contributed by atoms with Crippen molar-refractivity contribution >= 4 is 29.0 Å². The predicted molar refractivity (Wildman–Crippen MR) is 138 cm³/mol. The number of aromatic nitrogens is 3. The van der Waals surface area contributed by atoms with E-state index in [0.717, 1.165) is 27.9 Å². The summed E-state index contributed by atoms with van der Waals surface area (Å²) in [5.41, 5.74) is 11.2. The number of hydrazine groups is 1. The molecule has 1 aliphatic rings. The number of benzene rings is 3. The first-order valence-electron chi connectivity index (χ1n) is 11.3. The Morgan fingerprint density at radius 1 is 0.806 bits per heavy atom. The molecule has 3 aromatic carbocycles. The average molecular weight is 481 g/mol. The van der Waals surface area contributed by atoms with Crippen molar-refractivity contribution in [1.82, 2.24) is 26.0 Å². The minimum Gasteiger partial charge on any atom is -0.326 e. The molecule has 1 aromatic heterocycles. The van der Waals surface area contributed by atoms with E-state index in [4.69, 9.17) is 4.99 Å². The van der Waals surface area contributed by atoms with E-state index in [2.05, 4.69) is 36.7 Å². The molecule has 36 heavy (non-hydrogen) atoms. The minimum absolute atomic E-state index is 0.124. The third kappa shape index (κ3) is 5.13. The van der Waals surface area contributed by atoms with E-state index < -0.39 is 0 Å². The smallest absolute Gasteiger partial charge is 0.221 e. The quantitative estimate of drug-likeness (QED) is 0.286. The van der Waals surface area contributed by atoms with Crippen LogP contribution in [0.3, 0.4) is 0 Å². The molecule has 2 heterocycles. The Balaban J connectivity index is 1.36. The number of anilines is 2. The lowest BCUT2D eigenvalue weighted by atomic mass is 10.1. The number of amidine groups is 1. The Morgan fingerprint density at radius 3 is 2.25 bits per heavy atom. The molecule has 10 heteroatoms. The van der Waals surface area contributed by atoms with E-state index in [1.54, 1.807) is 0 Å². The number of carbonyl (C=O) groups excluding carboxylic acids is 2. The van der Waals surface area contributed by atoms with Crippen LogP contribution in [0.5, 0.6) is 0 Å². The van der Waals surface area contributed by atoms with Gasteiger partial charge in [-0.2, -0.15) is 5.10 Å². The molecule has 0 fully saturated rings. The van der Waals surface area contributed by atoms with Gasteiger partial charge >= 0.3 is 0 Å². The molecule has 5 N–H and O–H groups in total. The van der Waals surface area contributed by atoms with Crippen molar-refractivity contribution in [2.75, 3.05) is 10.6 Å². The largest absolute Gasteiger partial charge is 0.326 e. The van der Waals surface area contributed by atoms with E-state index in [0.29, 0.717) is 23.2 Å². The van der Waals surface area contributed by atoms with Crippen molar-refractivity contribution in [1.29, 1.82) is 0 Å². The number of hydrogen-bond acceptors (Lipinski definition) is 7. The van der Waals surface area contributed by atoms with Gasteiger partial charge in [0, 0.05) is 41.9 Å². The first kappa shape index (κ1) is 22.9. The summed E-state index contributed by atoms with van der Waals surface area (Å²) < 4.78 is 0. The first-order valence-corrected chi connectivity index (χ1v) is 11.3. The highest BCUT2D eigenvalue weighted by atomic mass is 16.2. The number of rotatable bonds is 6. The minimum atomic E-state index is -0.302. The van der Waals surface area contributed by atoms with Gasteiger partial charge in [0.15, 0.2) is 11.6 Å². The van der Waals surface area contributed by atoms with Crippen LogP contribution in [-0.4, -0.2) is 32.8 Å².